The maximum absolute atomic E-state index is 12.0. The van der Waals surface area contributed by atoms with Crippen LogP contribution < -0.4 is 11.1 Å². The maximum Gasteiger partial charge on any atom is 0.314 e. The highest BCUT2D eigenvalue weighted by Crippen LogP contribution is 2.21. The lowest BCUT2D eigenvalue weighted by Crippen LogP contribution is -2.47. The van der Waals surface area contributed by atoms with Gasteiger partial charge in [-0.05, 0) is 45.8 Å². The van der Waals surface area contributed by atoms with E-state index in [1.54, 1.807) is 11.3 Å². The Morgan fingerprint density at radius 1 is 1.58 bits per heavy atom. The molecule has 1 aliphatic rings. The molecule has 104 valence electrons. The molecule has 3 N–H and O–H groups in total. The van der Waals surface area contributed by atoms with Crippen LogP contribution in [0.25, 0.3) is 0 Å². The van der Waals surface area contributed by atoms with Crippen LogP contribution in [0.5, 0.6) is 0 Å². The summed E-state index contributed by atoms with van der Waals surface area (Å²) >= 11 is 4.98. The summed E-state index contributed by atoms with van der Waals surface area (Å²) in [6.07, 6.45) is 1.63. The molecule has 5 nitrogen and oxygen atoms in total. The van der Waals surface area contributed by atoms with Crippen LogP contribution in [0.2, 0.25) is 0 Å². The van der Waals surface area contributed by atoms with Gasteiger partial charge in [0.25, 0.3) is 0 Å². The highest BCUT2D eigenvalue weighted by atomic mass is 79.9. The van der Waals surface area contributed by atoms with Crippen LogP contribution in [0.1, 0.15) is 18.4 Å². The van der Waals surface area contributed by atoms with Crippen molar-refractivity contribution in [3.63, 3.8) is 0 Å². The number of hydrogen-bond acceptors (Lipinski definition) is 3. The number of hydrogen-bond donors (Lipinski definition) is 2. The number of amides is 3. The van der Waals surface area contributed by atoms with E-state index in [1.165, 1.54) is 4.90 Å². The Labute approximate surface area is 124 Å². The number of nitrogens with zero attached hydrogens (tertiary/aromatic N) is 1. The quantitative estimate of drug-likeness (QED) is 0.877. The largest absolute Gasteiger partial charge is 0.352 e. The van der Waals surface area contributed by atoms with Gasteiger partial charge >= 0.3 is 6.03 Å². The number of carbonyl (C=O) groups is 2. The van der Waals surface area contributed by atoms with Gasteiger partial charge in [0.05, 0.1) is 9.70 Å². The molecule has 2 heterocycles. The van der Waals surface area contributed by atoms with E-state index in [1.807, 2.05) is 11.4 Å². The Kier molecular flexibility index (Phi) is 4.81. The number of primary amides is 1. The molecule has 0 aromatic carbocycles. The Balaban J connectivity index is 1.84. The first-order valence-corrected chi connectivity index (χ1v) is 7.78. The Morgan fingerprint density at radius 3 is 3.00 bits per heavy atom. The zero-order valence-corrected chi connectivity index (χ0v) is 12.8. The van der Waals surface area contributed by atoms with Crippen LogP contribution in [0.15, 0.2) is 15.2 Å². The van der Waals surface area contributed by atoms with E-state index in [0.717, 1.165) is 22.2 Å². The van der Waals surface area contributed by atoms with E-state index in [9.17, 15) is 9.59 Å². The first-order valence-electron chi connectivity index (χ1n) is 6.11. The fourth-order valence-electron chi connectivity index (χ4n) is 2.16. The van der Waals surface area contributed by atoms with Gasteiger partial charge < -0.3 is 16.0 Å². The summed E-state index contributed by atoms with van der Waals surface area (Å²) in [7, 11) is 0. The molecule has 1 fully saturated rings. The normalized spacial score (nSPS) is 19.2. The molecular formula is C12H16BrN3O2S. The molecule has 0 bridgehead atoms. The number of urea groups is 1. The highest BCUT2D eigenvalue weighted by molar-refractivity contribution is 9.11. The molecule has 3 amide bonds. The number of likely N-dealkylation sites (tertiary alicyclic amines) is 1. The van der Waals surface area contributed by atoms with Gasteiger partial charge in [0, 0.05) is 19.6 Å². The zero-order chi connectivity index (χ0) is 13.8. The zero-order valence-electron chi connectivity index (χ0n) is 10.4. The van der Waals surface area contributed by atoms with Gasteiger partial charge in [0.2, 0.25) is 5.91 Å². The predicted octanol–water partition coefficient (Wildman–Crippen LogP) is 1.92. The van der Waals surface area contributed by atoms with Gasteiger partial charge in [-0.3, -0.25) is 4.79 Å². The van der Waals surface area contributed by atoms with Crippen molar-refractivity contribution in [2.24, 2.45) is 11.7 Å². The molecule has 19 heavy (non-hydrogen) atoms. The number of halogens is 1. The lowest BCUT2D eigenvalue weighted by Gasteiger charge is -2.30. The van der Waals surface area contributed by atoms with Gasteiger partial charge in [-0.2, -0.15) is 0 Å². The summed E-state index contributed by atoms with van der Waals surface area (Å²) in [5.74, 6) is -0.156. The number of rotatable bonds is 3. The average molecular weight is 346 g/mol. The van der Waals surface area contributed by atoms with Gasteiger partial charge in [-0.25, -0.2) is 4.79 Å². The summed E-state index contributed by atoms with van der Waals surface area (Å²) in [5, 5.41) is 4.91. The molecule has 1 aliphatic heterocycles. The van der Waals surface area contributed by atoms with Gasteiger partial charge in [0.1, 0.15) is 0 Å². The second kappa shape index (κ2) is 6.38. The third-order valence-electron chi connectivity index (χ3n) is 3.19. The molecule has 0 radical (unpaired) electrons. The third-order valence-corrected chi connectivity index (χ3v) is 4.75. The molecular weight excluding hydrogens is 330 g/mol. The SMILES string of the molecule is NC(=O)N1CCC[C@H](C(=O)NCc2csc(Br)c2)C1. The van der Waals surface area contributed by atoms with Crippen LogP contribution in [-0.2, 0) is 11.3 Å². The van der Waals surface area contributed by atoms with Crippen molar-refractivity contribution in [3.8, 4) is 0 Å². The van der Waals surface area contributed by atoms with E-state index >= 15 is 0 Å². The molecule has 0 saturated carbocycles. The van der Waals surface area contributed by atoms with Crippen molar-refractivity contribution in [3.05, 3.63) is 20.8 Å². The monoisotopic (exact) mass is 345 g/mol. The maximum atomic E-state index is 12.0. The van der Waals surface area contributed by atoms with Crippen LogP contribution >= 0.6 is 27.3 Å². The molecule has 1 aromatic rings. The van der Waals surface area contributed by atoms with Crippen LogP contribution in [0.4, 0.5) is 4.79 Å². The minimum absolute atomic E-state index is 0.00623. The number of piperidine rings is 1. The molecule has 0 aliphatic carbocycles. The molecule has 0 unspecified atom stereocenters. The second-order valence-corrected chi connectivity index (χ2v) is 6.89. The second-order valence-electron chi connectivity index (χ2n) is 4.60. The van der Waals surface area contributed by atoms with E-state index in [0.29, 0.717) is 19.6 Å². The number of nitrogens with two attached hydrogens (primary N) is 1. The van der Waals surface area contributed by atoms with Crippen molar-refractivity contribution >= 4 is 39.2 Å². The molecule has 1 atom stereocenters. The van der Waals surface area contributed by atoms with E-state index < -0.39 is 6.03 Å². The van der Waals surface area contributed by atoms with Crippen molar-refractivity contribution in [2.45, 2.75) is 19.4 Å². The Bertz CT molecular complexity index is 477. The van der Waals surface area contributed by atoms with Crippen LogP contribution in [0.3, 0.4) is 0 Å². The third kappa shape index (κ3) is 3.94. The minimum Gasteiger partial charge on any atom is -0.352 e. The van der Waals surface area contributed by atoms with E-state index in [2.05, 4.69) is 21.2 Å². The summed E-state index contributed by atoms with van der Waals surface area (Å²) in [5.41, 5.74) is 6.33. The summed E-state index contributed by atoms with van der Waals surface area (Å²) < 4.78 is 1.05. The van der Waals surface area contributed by atoms with Crippen LogP contribution in [0, 0.1) is 5.92 Å². The highest BCUT2D eigenvalue weighted by Gasteiger charge is 2.27. The van der Waals surface area contributed by atoms with Crippen molar-refractivity contribution < 1.29 is 9.59 Å². The Hall–Kier alpha value is -1.08. The predicted molar refractivity (Wildman–Crippen MR) is 77.7 cm³/mol. The fraction of sp³-hybridized carbons (Fsp3) is 0.500. The average Bonchev–Trinajstić information content (AvgIpc) is 2.82. The number of thiophene rings is 1. The molecule has 1 aromatic heterocycles. The van der Waals surface area contributed by atoms with Crippen molar-refractivity contribution in [1.29, 1.82) is 0 Å². The van der Waals surface area contributed by atoms with Gasteiger partial charge in [-0.15, -0.1) is 11.3 Å². The lowest BCUT2D eigenvalue weighted by molar-refractivity contribution is -0.126. The summed E-state index contributed by atoms with van der Waals surface area (Å²) in [6.45, 7) is 1.60. The number of nitrogens with one attached hydrogen (secondary N) is 1. The van der Waals surface area contributed by atoms with E-state index in [-0.39, 0.29) is 11.8 Å². The first kappa shape index (κ1) is 14.3. The van der Waals surface area contributed by atoms with Crippen molar-refractivity contribution in [2.75, 3.05) is 13.1 Å². The van der Waals surface area contributed by atoms with Gasteiger partial charge in [0.15, 0.2) is 0 Å². The lowest BCUT2D eigenvalue weighted by atomic mass is 9.97. The molecule has 2 rings (SSSR count). The Morgan fingerprint density at radius 2 is 2.37 bits per heavy atom. The molecule has 7 heteroatoms. The molecule has 0 spiro atoms. The van der Waals surface area contributed by atoms with Crippen LogP contribution in [-0.4, -0.2) is 29.9 Å². The fourth-order valence-corrected chi connectivity index (χ4v) is 3.37. The first-order chi connectivity index (χ1) is 9.06. The van der Waals surface area contributed by atoms with Crippen molar-refractivity contribution in [1.82, 2.24) is 10.2 Å². The minimum atomic E-state index is -0.445. The van der Waals surface area contributed by atoms with Gasteiger partial charge in [-0.1, -0.05) is 0 Å². The topological polar surface area (TPSA) is 75.4 Å². The van der Waals surface area contributed by atoms with E-state index in [4.69, 9.17) is 5.73 Å². The summed E-state index contributed by atoms with van der Waals surface area (Å²) in [6, 6.07) is 1.54. The standard InChI is InChI=1S/C12H16BrN3O2S/c13-10-4-8(7-19-10)5-15-11(17)9-2-1-3-16(6-9)12(14)18/h4,7,9H,1-3,5-6H2,(H2,14,18)(H,15,17)/t9-/m0/s1. The summed E-state index contributed by atoms with van der Waals surface area (Å²) in [4.78, 5) is 24.7. The number of carbonyl (C=O) groups excluding carboxylic acids is 2. The molecule has 1 saturated heterocycles. The smallest absolute Gasteiger partial charge is 0.314 e.